The van der Waals surface area contributed by atoms with Crippen molar-refractivity contribution >= 4 is 23.4 Å². The topological polar surface area (TPSA) is 82.7 Å². The molecule has 22 heavy (non-hydrogen) atoms. The van der Waals surface area contributed by atoms with Crippen LogP contribution in [0.2, 0.25) is 0 Å². The number of amides is 2. The molecule has 2 amide bonds. The number of nitrogens with zero attached hydrogens (tertiary/aromatic N) is 1. The molecule has 3 N–H and O–H groups in total. The first kappa shape index (κ1) is 14.5. The monoisotopic (exact) mass is 304 g/mol. The minimum atomic E-state index is -0.589. The number of para-hydroxylation sites is 2. The minimum Gasteiger partial charge on any atom is -0.453 e. The van der Waals surface area contributed by atoms with Crippen molar-refractivity contribution in [3.63, 3.8) is 0 Å². The molecule has 1 aromatic rings. The molecule has 7 heteroatoms. The highest BCUT2D eigenvalue weighted by molar-refractivity contribution is 5.83. The van der Waals surface area contributed by atoms with Crippen molar-refractivity contribution in [2.75, 3.05) is 30.8 Å². The first-order valence-electron chi connectivity index (χ1n) is 7.42. The van der Waals surface area contributed by atoms with Gasteiger partial charge in [-0.15, -0.1) is 0 Å². The van der Waals surface area contributed by atoms with Crippen LogP contribution in [0.3, 0.4) is 0 Å². The van der Waals surface area contributed by atoms with Gasteiger partial charge < -0.3 is 25.6 Å². The Labute approximate surface area is 129 Å². The maximum absolute atomic E-state index is 12.3. The Bertz CT molecular complexity index is 553. The Hall–Kier alpha value is -2.44. The van der Waals surface area contributed by atoms with E-state index >= 15 is 0 Å². The van der Waals surface area contributed by atoms with E-state index < -0.39 is 6.09 Å². The second-order valence-corrected chi connectivity index (χ2v) is 5.45. The number of benzene rings is 1. The lowest BCUT2D eigenvalue weighted by atomic mass is 10.1. The summed E-state index contributed by atoms with van der Waals surface area (Å²) in [7, 11) is 1.28. The van der Waals surface area contributed by atoms with E-state index in [1.54, 1.807) is 0 Å². The van der Waals surface area contributed by atoms with Gasteiger partial charge in [-0.3, -0.25) is 4.79 Å². The molecule has 3 rings (SSSR count). The van der Waals surface area contributed by atoms with E-state index in [1.807, 2.05) is 29.2 Å². The van der Waals surface area contributed by atoms with Crippen molar-refractivity contribution in [2.24, 2.45) is 0 Å². The lowest BCUT2D eigenvalue weighted by Crippen LogP contribution is -2.50. The Morgan fingerprint density at radius 1 is 1.32 bits per heavy atom. The summed E-state index contributed by atoms with van der Waals surface area (Å²) in [5, 5.41) is 9.28. The number of fused-ring (bicyclic) bond motifs is 1. The van der Waals surface area contributed by atoms with Crippen LogP contribution in [-0.2, 0) is 9.53 Å². The number of rotatable bonds is 3. The number of hydrogen-bond donors (Lipinski definition) is 3. The van der Waals surface area contributed by atoms with E-state index in [2.05, 4.69) is 20.7 Å². The standard InChI is InChI=1S/C15H20N4O3/c1-22-15(21)16-9-13(20)19-8-4-7-12(19)14-17-10-5-2-3-6-11(10)18-14/h2-3,5-6,12,14,17-18H,4,7-9H2,1H3,(H,16,21)/t12-/m0/s1. The molecule has 1 aromatic carbocycles. The van der Waals surface area contributed by atoms with Crippen LogP contribution in [0.1, 0.15) is 12.8 Å². The maximum atomic E-state index is 12.3. The van der Waals surface area contributed by atoms with Crippen molar-refractivity contribution in [3.8, 4) is 0 Å². The number of anilines is 2. The highest BCUT2D eigenvalue weighted by atomic mass is 16.5. The van der Waals surface area contributed by atoms with Gasteiger partial charge in [-0.05, 0) is 25.0 Å². The second-order valence-electron chi connectivity index (χ2n) is 5.45. The van der Waals surface area contributed by atoms with Gasteiger partial charge >= 0.3 is 6.09 Å². The Balaban J connectivity index is 1.62. The molecule has 0 aromatic heterocycles. The molecule has 0 radical (unpaired) electrons. The van der Waals surface area contributed by atoms with Crippen molar-refractivity contribution < 1.29 is 14.3 Å². The highest BCUT2D eigenvalue weighted by Gasteiger charge is 2.37. The number of hydrogen-bond acceptors (Lipinski definition) is 5. The van der Waals surface area contributed by atoms with E-state index in [-0.39, 0.29) is 24.7 Å². The van der Waals surface area contributed by atoms with Gasteiger partial charge in [0.1, 0.15) is 12.7 Å². The molecular formula is C15H20N4O3. The molecule has 2 heterocycles. The zero-order valence-corrected chi connectivity index (χ0v) is 12.5. The number of methoxy groups -OCH3 is 1. The molecule has 1 saturated heterocycles. The summed E-state index contributed by atoms with van der Waals surface area (Å²) < 4.78 is 4.49. The van der Waals surface area contributed by atoms with Crippen LogP contribution >= 0.6 is 0 Å². The van der Waals surface area contributed by atoms with Gasteiger partial charge in [0, 0.05) is 6.54 Å². The maximum Gasteiger partial charge on any atom is 0.407 e. The number of carbonyl (C=O) groups excluding carboxylic acids is 2. The number of likely N-dealkylation sites (tertiary alicyclic amines) is 1. The number of ether oxygens (including phenoxy) is 1. The predicted molar refractivity (Wildman–Crippen MR) is 82.6 cm³/mol. The first-order valence-corrected chi connectivity index (χ1v) is 7.42. The fourth-order valence-electron chi connectivity index (χ4n) is 3.07. The SMILES string of the molecule is COC(=O)NCC(=O)N1CCC[C@H]1C1Nc2ccccc2N1. The van der Waals surface area contributed by atoms with E-state index in [0.717, 1.165) is 24.2 Å². The average molecular weight is 304 g/mol. The summed E-state index contributed by atoms with van der Waals surface area (Å²) in [6, 6.07) is 8.06. The van der Waals surface area contributed by atoms with Gasteiger partial charge in [-0.2, -0.15) is 0 Å². The molecule has 2 aliphatic rings. The second kappa shape index (κ2) is 6.13. The molecule has 0 spiro atoms. The molecule has 7 nitrogen and oxygen atoms in total. The lowest BCUT2D eigenvalue weighted by Gasteiger charge is -2.30. The normalized spacial score (nSPS) is 20.0. The molecule has 1 atom stereocenters. The molecule has 0 saturated carbocycles. The van der Waals surface area contributed by atoms with Crippen molar-refractivity contribution in [2.45, 2.75) is 25.0 Å². The third kappa shape index (κ3) is 2.79. The van der Waals surface area contributed by atoms with Gasteiger partial charge in [0.05, 0.1) is 24.5 Å². The van der Waals surface area contributed by atoms with Gasteiger partial charge in [-0.1, -0.05) is 12.1 Å². The summed E-state index contributed by atoms with van der Waals surface area (Å²) in [5.74, 6) is -0.0903. The lowest BCUT2D eigenvalue weighted by molar-refractivity contribution is -0.131. The van der Waals surface area contributed by atoms with E-state index in [9.17, 15) is 9.59 Å². The number of alkyl carbamates (subject to hydrolysis) is 1. The summed E-state index contributed by atoms with van der Waals surface area (Å²) >= 11 is 0. The summed E-state index contributed by atoms with van der Waals surface area (Å²) in [6.45, 7) is 0.672. The van der Waals surface area contributed by atoms with E-state index in [4.69, 9.17) is 0 Å². The summed E-state index contributed by atoms with van der Waals surface area (Å²) in [6.07, 6.45) is 1.31. The average Bonchev–Trinajstić information content (AvgIpc) is 3.17. The van der Waals surface area contributed by atoms with Gasteiger partial charge in [0.25, 0.3) is 0 Å². The Morgan fingerprint density at radius 2 is 2.00 bits per heavy atom. The van der Waals surface area contributed by atoms with E-state index in [0.29, 0.717) is 6.54 Å². The van der Waals surface area contributed by atoms with Gasteiger partial charge in [0.2, 0.25) is 5.91 Å². The van der Waals surface area contributed by atoms with Crippen LogP contribution in [0, 0.1) is 0 Å². The Kier molecular flexibility index (Phi) is 4.04. The zero-order valence-electron chi connectivity index (χ0n) is 12.5. The zero-order chi connectivity index (χ0) is 15.5. The molecule has 0 bridgehead atoms. The Morgan fingerprint density at radius 3 is 2.64 bits per heavy atom. The molecule has 118 valence electrons. The fourth-order valence-corrected chi connectivity index (χ4v) is 3.07. The summed E-state index contributed by atoms with van der Waals surface area (Å²) in [5.41, 5.74) is 2.11. The number of nitrogens with one attached hydrogen (secondary N) is 3. The largest absolute Gasteiger partial charge is 0.453 e. The van der Waals surface area contributed by atoms with Gasteiger partial charge in [-0.25, -0.2) is 4.79 Å². The third-order valence-corrected chi connectivity index (χ3v) is 4.12. The van der Waals surface area contributed by atoms with Crippen molar-refractivity contribution in [1.82, 2.24) is 10.2 Å². The van der Waals surface area contributed by atoms with Crippen LogP contribution in [0.15, 0.2) is 24.3 Å². The highest BCUT2D eigenvalue weighted by Crippen LogP contribution is 2.32. The molecule has 1 fully saturated rings. The van der Waals surface area contributed by atoms with Crippen LogP contribution in [0.5, 0.6) is 0 Å². The van der Waals surface area contributed by atoms with Crippen LogP contribution in [0.4, 0.5) is 16.2 Å². The van der Waals surface area contributed by atoms with Gasteiger partial charge in [0.15, 0.2) is 0 Å². The number of carbonyl (C=O) groups is 2. The third-order valence-electron chi connectivity index (χ3n) is 4.12. The molecule has 0 aliphatic carbocycles. The van der Waals surface area contributed by atoms with Crippen LogP contribution in [-0.4, -0.2) is 49.3 Å². The van der Waals surface area contributed by atoms with E-state index in [1.165, 1.54) is 7.11 Å². The predicted octanol–water partition coefficient (Wildman–Crippen LogP) is 1.20. The first-order chi connectivity index (χ1) is 10.7. The van der Waals surface area contributed by atoms with Crippen molar-refractivity contribution in [1.29, 1.82) is 0 Å². The molecule has 2 aliphatic heterocycles. The fraction of sp³-hybridized carbons (Fsp3) is 0.467. The van der Waals surface area contributed by atoms with Crippen LogP contribution in [0.25, 0.3) is 0 Å². The van der Waals surface area contributed by atoms with Crippen molar-refractivity contribution in [3.05, 3.63) is 24.3 Å². The molecule has 0 unspecified atom stereocenters. The smallest absolute Gasteiger partial charge is 0.407 e. The molecular weight excluding hydrogens is 284 g/mol. The minimum absolute atomic E-state index is 0.00183. The van der Waals surface area contributed by atoms with Crippen LogP contribution < -0.4 is 16.0 Å². The summed E-state index contributed by atoms with van der Waals surface area (Å²) in [4.78, 5) is 25.2. The quantitative estimate of drug-likeness (QED) is 0.781.